The van der Waals surface area contributed by atoms with Crippen molar-refractivity contribution in [2.45, 2.75) is 83.6 Å². The highest BCUT2D eigenvalue weighted by Crippen LogP contribution is 2.57. The molecule has 0 spiro atoms. The third kappa shape index (κ3) is 4.39. The Morgan fingerprint density at radius 3 is 2.50 bits per heavy atom. The number of fused-ring (bicyclic) bond motifs is 3. The van der Waals surface area contributed by atoms with Crippen LogP contribution in [0.1, 0.15) is 81.5 Å². The molecule has 0 aliphatic heterocycles. The van der Waals surface area contributed by atoms with Gasteiger partial charge in [0.2, 0.25) is 5.91 Å². The maximum Gasteiger partial charge on any atom is 0.328 e. The molecule has 0 unspecified atom stereocenters. The molecule has 1 amide bonds. The summed E-state index contributed by atoms with van der Waals surface area (Å²) >= 11 is 0. The number of methoxy groups -OCH3 is 1. The van der Waals surface area contributed by atoms with Crippen molar-refractivity contribution in [2.75, 3.05) is 7.11 Å². The average Bonchev–Trinajstić information content (AvgIpc) is 2.83. The van der Waals surface area contributed by atoms with Crippen LogP contribution in [0.3, 0.4) is 0 Å². The molecular weight excluding hydrogens is 422 g/mol. The van der Waals surface area contributed by atoms with E-state index in [2.05, 4.69) is 51.2 Å². The smallest absolute Gasteiger partial charge is 0.328 e. The zero-order chi connectivity index (χ0) is 24.5. The van der Waals surface area contributed by atoms with Crippen molar-refractivity contribution in [1.82, 2.24) is 5.32 Å². The summed E-state index contributed by atoms with van der Waals surface area (Å²) in [6, 6.07) is 16.1. The molecule has 2 aromatic rings. The molecule has 4 atom stereocenters. The molecule has 4 rings (SSSR count). The first-order valence-corrected chi connectivity index (χ1v) is 12.7. The predicted molar refractivity (Wildman–Crippen MR) is 136 cm³/mol. The third-order valence-corrected chi connectivity index (χ3v) is 8.64. The monoisotopic (exact) mass is 461 g/mol. The molecule has 2 aliphatic rings. The maximum absolute atomic E-state index is 13.9. The van der Waals surface area contributed by atoms with Crippen molar-refractivity contribution >= 4 is 11.9 Å². The topological polar surface area (TPSA) is 55.4 Å². The summed E-state index contributed by atoms with van der Waals surface area (Å²) < 4.78 is 5.06. The van der Waals surface area contributed by atoms with Gasteiger partial charge in [-0.2, -0.15) is 0 Å². The minimum absolute atomic E-state index is 0.0167. The lowest BCUT2D eigenvalue weighted by Gasteiger charge is -2.54. The quantitative estimate of drug-likeness (QED) is 0.560. The van der Waals surface area contributed by atoms with E-state index in [0.29, 0.717) is 12.3 Å². The first-order valence-electron chi connectivity index (χ1n) is 12.7. The number of amides is 1. The minimum Gasteiger partial charge on any atom is -0.467 e. The summed E-state index contributed by atoms with van der Waals surface area (Å²) in [5.41, 5.74) is 4.70. The molecule has 4 heteroatoms. The van der Waals surface area contributed by atoms with Gasteiger partial charge in [-0.25, -0.2) is 4.79 Å². The lowest BCUT2D eigenvalue weighted by molar-refractivity contribution is -0.149. The largest absolute Gasteiger partial charge is 0.467 e. The van der Waals surface area contributed by atoms with Gasteiger partial charge in [0.1, 0.15) is 6.04 Å². The van der Waals surface area contributed by atoms with Crippen LogP contribution in [0, 0.1) is 11.3 Å². The molecule has 0 saturated heterocycles. The molecule has 4 nitrogen and oxygen atoms in total. The van der Waals surface area contributed by atoms with E-state index >= 15 is 0 Å². The molecule has 0 aromatic heterocycles. The van der Waals surface area contributed by atoms with Gasteiger partial charge in [-0.05, 0) is 65.2 Å². The Morgan fingerprint density at radius 1 is 1.09 bits per heavy atom. The molecule has 1 fully saturated rings. The van der Waals surface area contributed by atoms with Crippen molar-refractivity contribution in [3.8, 4) is 0 Å². The van der Waals surface area contributed by atoms with Gasteiger partial charge in [-0.1, -0.05) is 82.6 Å². The normalized spacial score (nSPS) is 26.8. The summed E-state index contributed by atoms with van der Waals surface area (Å²) in [6.07, 6.45) is 5.37. The number of ether oxygens (including phenoxy) is 1. The number of hydrogen-bond donors (Lipinski definition) is 1. The highest BCUT2D eigenvalue weighted by atomic mass is 16.5. The number of carbonyl (C=O) groups excluding carboxylic acids is 2. The van der Waals surface area contributed by atoms with E-state index in [1.54, 1.807) is 0 Å². The van der Waals surface area contributed by atoms with Gasteiger partial charge in [-0.15, -0.1) is 0 Å². The van der Waals surface area contributed by atoms with Crippen LogP contribution in [0.25, 0.3) is 0 Å². The molecular formula is C30H39NO3. The van der Waals surface area contributed by atoms with Crippen LogP contribution in [0.15, 0.2) is 48.5 Å². The Hall–Kier alpha value is -2.62. The van der Waals surface area contributed by atoms with Gasteiger partial charge in [-0.3, -0.25) is 4.79 Å². The van der Waals surface area contributed by atoms with E-state index in [4.69, 9.17) is 4.74 Å². The van der Waals surface area contributed by atoms with Gasteiger partial charge < -0.3 is 10.1 Å². The molecule has 1 N–H and O–H groups in total. The molecule has 0 radical (unpaired) electrons. The Morgan fingerprint density at radius 2 is 1.82 bits per heavy atom. The fourth-order valence-electron chi connectivity index (χ4n) is 6.65. The van der Waals surface area contributed by atoms with Crippen LogP contribution in [-0.4, -0.2) is 25.0 Å². The number of benzene rings is 2. The van der Waals surface area contributed by atoms with Gasteiger partial charge in [0.25, 0.3) is 0 Å². The second-order valence-electron chi connectivity index (χ2n) is 11.1. The number of aryl methyl sites for hydroxylation is 1. The molecule has 1 saturated carbocycles. The van der Waals surface area contributed by atoms with E-state index in [-0.39, 0.29) is 17.2 Å². The van der Waals surface area contributed by atoms with Crippen LogP contribution >= 0.6 is 0 Å². The third-order valence-electron chi connectivity index (χ3n) is 8.64. The first kappa shape index (κ1) is 24.5. The van der Waals surface area contributed by atoms with Crippen molar-refractivity contribution in [3.05, 3.63) is 70.8 Å². The molecule has 2 aromatic carbocycles. The molecule has 2 aliphatic carbocycles. The summed E-state index contributed by atoms with van der Waals surface area (Å²) in [7, 11) is 1.38. The zero-order valence-corrected chi connectivity index (χ0v) is 21.3. The van der Waals surface area contributed by atoms with Gasteiger partial charge in [0.15, 0.2) is 0 Å². The number of nitrogens with one attached hydrogen (secondary N) is 1. The van der Waals surface area contributed by atoms with E-state index in [9.17, 15) is 9.59 Å². The highest BCUT2D eigenvalue weighted by Gasteiger charge is 2.55. The maximum atomic E-state index is 13.9. The number of rotatable bonds is 6. The van der Waals surface area contributed by atoms with Crippen LogP contribution in [0.4, 0.5) is 0 Å². The summed E-state index contributed by atoms with van der Waals surface area (Å²) in [5, 5.41) is 3.11. The Labute approximate surface area is 204 Å². The SMILES string of the molecule is COC(=O)[C@@H](Cc1ccccc1)NC(=O)[C@]1(C)CCC[C@]2(C)c3ccc(C(C)C)cc3CC[C@@H]12. The van der Waals surface area contributed by atoms with Crippen LogP contribution in [0.2, 0.25) is 0 Å². The summed E-state index contributed by atoms with van der Waals surface area (Å²) in [6.45, 7) is 8.96. The van der Waals surface area contributed by atoms with Crippen molar-refractivity contribution in [2.24, 2.45) is 11.3 Å². The average molecular weight is 462 g/mol. The van der Waals surface area contributed by atoms with E-state index < -0.39 is 17.4 Å². The predicted octanol–water partition coefficient (Wildman–Crippen LogP) is 5.72. The standard InChI is InChI=1S/C30H39NO3/c1-20(2)22-12-14-24-23(19-22)13-15-26-29(24,3)16-9-17-30(26,4)28(33)31-25(27(32)34-5)18-21-10-7-6-8-11-21/h6-8,10-12,14,19-20,25-26H,9,13,15-18H2,1-5H3,(H,31,33)/t25-,26-,29-,30-/m1/s1. The molecule has 182 valence electrons. The van der Waals surface area contributed by atoms with E-state index in [1.165, 1.54) is 23.8 Å². The first-order chi connectivity index (χ1) is 16.2. The minimum atomic E-state index is -0.686. The van der Waals surface area contributed by atoms with Crippen LogP contribution < -0.4 is 5.32 Å². The van der Waals surface area contributed by atoms with Gasteiger partial charge >= 0.3 is 5.97 Å². The number of hydrogen-bond acceptors (Lipinski definition) is 3. The van der Waals surface area contributed by atoms with Gasteiger partial charge in [0, 0.05) is 6.42 Å². The van der Waals surface area contributed by atoms with Crippen molar-refractivity contribution in [3.63, 3.8) is 0 Å². The van der Waals surface area contributed by atoms with Crippen LogP contribution in [0.5, 0.6) is 0 Å². The summed E-state index contributed by atoms with van der Waals surface area (Å²) in [5.74, 6) is 0.339. The highest BCUT2D eigenvalue weighted by molar-refractivity contribution is 5.88. The van der Waals surface area contributed by atoms with Crippen molar-refractivity contribution in [1.29, 1.82) is 0 Å². The second-order valence-corrected chi connectivity index (χ2v) is 11.1. The Balaban J connectivity index is 1.61. The Kier molecular flexibility index (Phi) is 6.89. The number of esters is 1. The zero-order valence-electron chi connectivity index (χ0n) is 21.3. The van der Waals surface area contributed by atoms with Gasteiger partial charge in [0.05, 0.1) is 12.5 Å². The van der Waals surface area contributed by atoms with Crippen molar-refractivity contribution < 1.29 is 14.3 Å². The molecule has 0 heterocycles. The molecule has 34 heavy (non-hydrogen) atoms. The lowest BCUT2D eigenvalue weighted by atomic mass is 9.49. The Bertz CT molecular complexity index is 1050. The second kappa shape index (κ2) is 9.56. The fourth-order valence-corrected chi connectivity index (χ4v) is 6.65. The van der Waals surface area contributed by atoms with E-state index in [0.717, 1.165) is 37.7 Å². The van der Waals surface area contributed by atoms with Crippen LogP contribution in [-0.2, 0) is 32.6 Å². The summed E-state index contributed by atoms with van der Waals surface area (Å²) in [4.78, 5) is 26.5. The fraction of sp³-hybridized carbons (Fsp3) is 0.533. The lowest BCUT2D eigenvalue weighted by Crippen LogP contribution is -2.57. The molecule has 0 bridgehead atoms. The van der Waals surface area contributed by atoms with E-state index in [1.807, 2.05) is 30.3 Å². The number of carbonyl (C=O) groups is 2.